The van der Waals surface area contributed by atoms with Crippen LogP contribution < -0.4 is 16.2 Å². The summed E-state index contributed by atoms with van der Waals surface area (Å²) in [6.07, 6.45) is -1.99. The first-order valence-electron chi connectivity index (χ1n) is 7.43. The number of pyridine rings is 2. The van der Waals surface area contributed by atoms with E-state index in [0.717, 1.165) is 12.3 Å². The van der Waals surface area contributed by atoms with Gasteiger partial charge < -0.3 is 10.6 Å². The summed E-state index contributed by atoms with van der Waals surface area (Å²) in [6.45, 7) is 0.812. The first-order chi connectivity index (χ1) is 11.9. The van der Waals surface area contributed by atoms with E-state index in [1.165, 1.54) is 16.5 Å². The Morgan fingerprint density at radius 3 is 2.48 bits per heavy atom. The van der Waals surface area contributed by atoms with E-state index in [4.69, 9.17) is 0 Å². The standard InChI is InChI=1S/C16H14F3N5O/c17-16(18,19)11-4-5-12(22-10-11)20-6-7-21-13-9-15(25)24-8-2-1-3-14(24)23-13/h1-5,8-10,21H,6-7H2,(H,20,22). The van der Waals surface area contributed by atoms with Crippen LogP contribution in [0.1, 0.15) is 5.56 Å². The molecule has 0 saturated heterocycles. The van der Waals surface area contributed by atoms with Crippen LogP contribution in [0.5, 0.6) is 0 Å². The number of nitrogens with zero attached hydrogens (tertiary/aromatic N) is 3. The van der Waals surface area contributed by atoms with Crippen LogP contribution in [0.4, 0.5) is 24.8 Å². The Labute approximate surface area is 140 Å². The van der Waals surface area contributed by atoms with Crippen LogP contribution in [0.3, 0.4) is 0 Å². The highest BCUT2D eigenvalue weighted by Gasteiger charge is 2.30. The van der Waals surface area contributed by atoms with Crippen molar-refractivity contribution in [2.45, 2.75) is 6.18 Å². The van der Waals surface area contributed by atoms with Gasteiger partial charge in [0.05, 0.1) is 5.56 Å². The fourth-order valence-corrected chi connectivity index (χ4v) is 2.19. The van der Waals surface area contributed by atoms with Gasteiger partial charge in [-0.05, 0) is 24.3 Å². The van der Waals surface area contributed by atoms with Gasteiger partial charge in [0.1, 0.15) is 17.3 Å². The van der Waals surface area contributed by atoms with E-state index in [1.807, 2.05) is 0 Å². The fraction of sp³-hybridized carbons (Fsp3) is 0.188. The van der Waals surface area contributed by atoms with E-state index in [1.54, 1.807) is 24.4 Å². The highest BCUT2D eigenvalue weighted by molar-refractivity contribution is 5.46. The van der Waals surface area contributed by atoms with Crippen molar-refractivity contribution in [1.29, 1.82) is 0 Å². The summed E-state index contributed by atoms with van der Waals surface area (Å²) in [7, 11) is 0. The predicted octanol–water partition coefficient (Wildman–Crippen LogP) is 2.63. The molecule has 3 heterocycles. The molecule has 2 N–H and O–H groups in total. The maximum atomic E-state index is 12.5. The monoisotopic (exact) mass is 349 g/mol. The largest absolute Gasteiger partial charge is 0.417 e. The van der Waals surface area contributed by atoms with E-state index in [-0.39, 0.29) is 5.56 Å². The van der Waals surface area contributed by atoms with Gasteiger partial charge in [-0.1, -0.05) is 6.07 Å². The third-order valence-electron chi connectivity index (χ3n) is 3.40. The van der Waals surface area contributed by atoms with Crippen molar-refractivity contribution in [3.63, 3.8) is 0 Å². The van der Waals surface area contributed by atoms with E-state index >= 15 is 0 Å². The Hall–Kier alpha value is -3.10. The Morgan fingerprint density at radius 1 is 1.04 bits per heavy atom. The van der Waals surface area contributed by atoms with Gasteiger partial charge in [0.2, 0.25) is 0 Å². The maximum absolute atomic E-state index is 12.5. The molecule has 0 atom stereocenters. The molecule has 3 rings (SSSR count). The first-order valence-corrected chi connectivity index (χ1v) is 7.43. The van der Waals surface area contributed by atoms with E-state index in [0.29, 0.717) is 30.4 Å². The number of alkyl halides is 3. The topological polar surface area (TPSA) is 71.3 Å². The summed E-state index contributed by atoms with van der Waals surface area (Å²) in [5, 5.41) is 5.88. The summed E-state index contributed by atoms with van der Waals surface area (Å²) in [5.41, 5.74) is -0.475. The molecular weight excluding hydrogens is 335 g/mol. The van der Waals surface area contributed by atoms with Crippen LogP contribution in [0, 0.1) is 0 Å². The lowest BCUT2D eigenvalue weighted by atomic mass is 10.3. The second-order valence-corrected chi connectivity index (χ2v) is 5.19. The Bertz CT molecular complexity index is 921. The minimum absolute atomic E-state index is 0.203. The molecule has 3 aromatic rings. The van der Waals surface area contributed by atoms with Gasteiger partial charge in [-0.3, -0.25) is 9.20 Å². The lowest BCUT2D eigenvalue weighted by Gasteiger charge is -2.10. The molecule has 0 amide bonds. The molecule has 130 valence electrons. The predicted molar refractivity (Wildman–Crippen MR) is 87.7 cm³/mol. The highest BCUT2D eigenvalue weighted by Crippen LogP contribution is 2.28. The van der Waals surface area contributed by atoms with Gasteiger partial charge in [0.15, 0.2) is 0 Å². The van der Waals surface area contributed by atoms with Crippen LogP contribution in [0.15, 0.2) is 53.6 Å². The molecular formula is C16H14F3N5O. The number of anilines is 2. The number of nitrogens with one attached hydrogen (secondary N) is 2. The third-order valence-corrected chi connectivity index (χ3v) is 3.40. The minimum Gasteiger partial charge on any atom is -0.368 e. The number of hydrogen-bond acceptors (Lipinski definition) is 5. The van der Waals surface area contributed by atoms with Gasteiger partial charge >= 0.3 is 6.18 Å². The normalized spacial score (nSPS) is 11.5. The number of aromatic nitrogens is 3. The molecule has 9 heteroatoms. The molecule has 0 unspecified atom stereocenters. The quantitative estimate of drug-likeness (QED) is 0.693. The summed E-state index contributed by atoms with van der Waals surface area (Å²) < 4.78 is 38.8. The smallest absolute Gasteiger partial charge is 0.368 e. The molecule has 0 radical (unpaired) electrons. The zero-order valence-corrected chi connectivity index (χ0v) is 12.9. The summed E-state index contributed by atoms with van der Waals surface area (Å²) in [4.78, 5) is 20.0. The molecule has 25 heavy (non-hydrogen) atoms. The third kappa shape index (κ3) is 4.06. The average molecular weight is 349 g/mol. The van der Waals surface area contributed by atoms with Crippen LogP contribution in [0.2, 0.25) is 0 Å². The van der Waals surface area contributed by atoms with E-state index in [9.17, 15) is 18.0 Å². The summed E-state index contributed by atoms with van der Waals surface area (Å²) >= 11 is 0. The molecule has 0 aliphatic heterocycles. The molecule has 6 nitrogen and oxygen atoms in total. The van der Waals surface area contributed by atoms with Crippen molar-refractivity contribution in [2.75, 3.05) is 23.7 Å². The van der Waals surface area contributed by atoms with Crippen molar-refractivity contribution in [3.05, 3.63) is 64.7 Å². The second kappa shape index (κ2) is 6.80. The average Bonchev–Trinajstić information content (AvgIpc) is 2.58. The lowest BCUT2D eigenvalue weighted by molar-refractivity contribution is -0.137. The fourth-order valence-electron chi connectivity index (χ4n) is 2.19. The maximum Gasteiger partial charge on any atom is 0.417 e. The number of fused-ring (bicyclic) bond motifs is 1. The number of halogens is 3. The van der Waals surface area contributed by atoms with Crippen LogP contribution in [0.25, 0.3) is 5.65 Å². The van der Waals surface area contributed by atoms with Crippen LogP contribution in [-0.4, -0.2) is 27.5 Å². The number of hydrogen-bond donors (Lipinski definition) is 2. The highest BCUT2D eigenvalue weighted by atomic mass is 19.4. The Balaban J connectivity index is 1.56. The zero-order valence-electron chi connectivity index (χ0n) is 12.9. The number of rotatable bonds is 5. The SMILES string of the molecule is O=c1cc(NCCNc2ccc(C(F)(F)F)cn2)nc2ccccn12. The first kappa shape index (κ1) is 16.7. The molecule has 0 saturated carbocycles. The van der Waals surface area contributed by atoms with Gasteiger partial charge in [-0.2, -0.15) is 13.2 Å². The van der Waals surface area contributed by atoms with Crippen molar-refractivity contribution in [2.24, 2.45) is 0 Å². The Kier molecular flexibility index (Phi) is 4.55. The summed E-state index contributed by atoms with van der Waals surface area (Å²) in [6, 6.07) is 8.85. The van der Waals surface area contributed by atoms with Crippen molar-refractivity contribution >= 4 is 17.3 Å². The van der Waals surface area contributed by atoms with E-state index in [2.05, 4.69) is 20.6 Å². The molecule has 0 aliphatic rings. The molecule has 0 aliphatic carbocycles. The molecule has 0 spiro atoms. The summed E-state index contributed by atoms with van der Waals surface area (Å²) in [5.74, 6) is 0.764. The van der Waals surface area contributed by atoms with Gasteiger partial charge in [0, 0.05) is 31.5 Å². The van der Waals surface area contributed by atoms with Crippen LogP contribution >= 0.6 is 0 Å². The second-order valence-electron chi connectivity index (χ2n) is 5.19. The van der Waals surface area contributed by atoms with Crippen LogP contribution in [-0.2, 0) is 6.18 Å². The van der Waals surface area contributed by atoms with Gasteiger partial charge in [-0.15, -0.1) is 0 Å². The van der Waals surface area contributed by atoms with Crippen molar-refractivity contribution in [1.82, 2.24) is 14.4 Å². The minimum atomic E-state index is -4.40. The molecule has 3 aromatic heterocycles. The zero-order chi connectivity index (χ0) is 17.9. The van der Waals surface area contributed by atoms with Gasteiger partial charge in [-0.25, -0.2) is 9.97 Å². The lowest BCUT2D eigenvalue weighted by Crippen LogP contribution is -2.19. The van der Waals surface area contributed by atoms with Gasteiger partial charge in [0.25, 0.3) is 5.56 Å². The Morgan fingerprint density at radius 2 is 1.80 bits per heavy atom. The van der Waals surface area contributed by atoms with E-state index < -0.39 is 11.7 Å². The van der Waals surface area contributed by atoms with Crippen molar-refractivity contribution < 1.29 is 13.2 Å². The van der Waals surface area contributed by atoms with Crippen molar-refractivity contribution in [3.8, 4) is 0 Å². The molecule has 0 fully saturated rings. The molecule has 0 bridgehead atoms. The molecule has 0 aromatic carbocycles.